The smallest absolute Gasteiger partial charge is 0.303 e. The zero-order valence-electron chi connectivity index (χ0n) is 10.5. The molecule has 2 rings (SSSR count). The Morgan fingerprint density at radius 2 is 2.32 bits per heavy atom. The van der Waals surface area contributed by atoms with Gasteiger partial charge in [0.25, 0.3) is 5.91 Å². The highest BCUT2D eigenvalue weighted by atomic mass is 79.9. The second-order valence-electron chi connectivity index (χ2n) is 4.83. The van der Waals surface area contributed by atoms with Crippen molar-refractivity contribution in [2.45, 2.75) is 25.7 Å². The molecule has 1 aliphatic heterocycles. The van der Waals surface area contributed by atoms with Gasteiger partial charge in [0.2, 0.25) is 0 Å². The molecule has 0 bridgehead atoms. The first-order valence-corrected chi connectivity index (χ1v) is 7.98. The fourth-order valence-corrected chi connectivity index (χ4v) is 3.55. The molecule has 1 aromatic heterocycles. The van der Waals surface area contributed by atoms with Crippen LogP contribution in [0, 0.1) is 5.92 Å². The van der Waals surface area contributed by atoms with Crippen molar-refractivity contribution in [1.29, 1.82) is 0 Å². The number of thiophene rings is 1. The maximum absolute atomic E-state index is 12.3. The van der Waals surface area contributed by atoms with Crippen molar-refractivity contribution in [3.63, 3.8) is 0 Å². The van der Waals surface area contributed by atoms with Crippen molar-refractivity contribution in [2.24, 2.45) is 5.92 Å². The van der Waals surface area contributed by atoms with Crippen LogP contribution < -0.4 is 0 Å². The van der Waals surface area contributed by atoms with E-state index in [0.29, 0.717) is 18.9 Å². The van der Waals surface area contributed by atoms with Crippen molar-refractivity contribution in [3.05, 3.63) is 20.8 Å². The molecule has 0 aliphatic carbocycles. The third-order valence-corrected chi connectivity index (χ3v) is 4.89. The number of nitrogens with zero attached hydrogens (tertiary/aromatic N) is 1. The standard InChI is InChI=1S/C13H16BrNO3S/c14-11-6-10(8-19-11)13(18)15-5-1-2-9(7-15)3-4-12(16)17/h6,8-9H,1-5,7H2,(H,16,17). The van der Waals surface area contributed by atoms with Gasteiger partial charge in [-0.25, -0.2) is 0 Å². The highest BCUT2D eigenvalue weighted by molar-refractivity contribution is 9.11. The number of carboxylic acids is 1. The molecule has 0 spiro atoms. The molecule has 19 heavy (non-hydrogen) atoms. The molecule has 1 unspecified atom stereocenters. The number of rotatable bonds is 4. The van der Waals surface area contributed by atoms with E-state index < -0.39 is 5.97 Å². The minimum absolute atomic E-state index is 0.0574. The van der Waals surface area contributed by atoms with E-state index in [-0.39, 0.29) is 12.3 Å². The van der Waals surface area contributed by atoms with Crippen LogP contribution >= 0.6 is 27.3 Å². The highest BCUT2D eigenvalue weighted by Gasteiger charge is 2.25. The minimum Gasteiger partial charge on any atom is -0.481 e. The number of amides is 1. The van der Waals surface area contributed by atoms with Crippen LogP contribution in [0.15, 0.2) is 15.2 Å². The largest absolute Gasteiger partial charge is 0.481 e. The van der Waals surface area contributed by atoms with E-state index >= 15 is 0 Å². The monoisotopic (exact) mass is 345 g/mol. The van der Waals surface area contributed by atoms with E-state index in [1.54, 1.807) is 0 Å². The van der Waals surface area contributed by atoms with Crippen LogP contribution in [0.25, 0.3) is 0 Å². The van der Waals surface area contributed by atoms with Crippen LogP contribution in [0.4, 0.5) is 0 Å². The van der Waals surface area contributed by atoms with E-state index in [1.165, 1.54) is 11.3 Å². The molecule has 1 fully saturated rings. The lowest BCUT2D eigenvalue weighted by atomic mass is 9.93. The average molecular weight is 346 g/mol. The summed E-state index contributed by atoms with van der Waals surface area (Å²) in [7, 11) is 0. The van der Waals surface area contributed by atoms with Gasteiger partial charge in [0.15, 0.2) is 0 Å². The summed E-state index contributed by atoms with van der Waals surface area (Å²) in [5.41, 5.74) is 0.718. The number of carboxylic acid groups (broad SMARTS) is 1. The zero-order valence-corrected chi connectivity index (χ0v) is 12.9. The summed E-state index contributed by atoms with van der Waals surface area (Å²) >= 11 is 4.86. The van der Waals surface area contributed by atoms with Gasteiger partial charge >= 0.3 is 5.97 Å². The van der Waals surface area contributed by atoms with Crippen LogP contribution in [0.5, 0.6) is 0 Å². The number of carbonyl (C=O) groups is 2. The Morgan fingerprint density at radius 1 is 1.53 bits per heavy atom. The van der Waals surface area contributed by atoms with Gasteiger partial charge in [0.05, 0.1) is 9.35 Å². The van der Waals surface area contributed by atoms with Gasteiger partial charge in [-0.2, -0.15) is 0 Å². The lowest BCUT2D eigenvalue weighted by Crippen LogP contribution is -2.39. The fourth-order valence-electron chi connectivity index (χ4n) is 2.42. The molecule has 6 heteroatoms. The first-order chi connectivity index (χ1) is 9.06. The van der Waals surface area contributed by atoms with Gasteiger partial charge in [0, 0.05) is 24.9 Å². The summed E-state index contributed by atoms with van der Waals surface area (Å²) in [6, 6.07) is 1.84. The number of aliphatic carboxylic acids is 1. The van der Waals surface area contributed by atoms with Gasteiger partial charge in [0.1, 0.15) is 0 Å². The van der Waals surface area contributed by atoms with E-state index in [0.717, 1.165) is 28.7 Å². The number of carbonyl (C=O) groups excluding carboxylic acids is 1. The Labute approximate surface area is 124 Å². The Kier molecular flexibility index (Phi) is 4.99. The summed E-state index contributed by atoms with van der Waals surface area (Å²) in [6.45, 7) is 1.45. The molecule has 0 aromatic carbocycles. The van der Waals surface area contributed by atoms with Crippen molar-refractivity contribution in [3.8, 4) is 0 Å². The molecule has 104 valence electrons. The summed E-state index contributed by atoms with van der Waals surface area (Å²) in [5.74, 6) is -0.386. The molecule has 0 saturated carbocycles. The average Bonchev–Trinajstić information content (AvgIpc) is 2.82. The molecule has 1 aromatic rings. The summed E-state index contributed by atoms with van der Waals surface area (Å²) in [6.07, 6.45) is 2.83. The van der Waals surface area contributed by atoms with E-state index in [4.69, 9.17) is 5.11 Å². The Morgan fingerprint density at radius 3 is 2.95 bits per heavy atom. The van der Waals surface area contributed by atoms with Crippen molar-refractivity contribution in [1.82, 2.24) is 4.90 Å². The van der Waals surface area contributed by atoms with Crippen molar-refractivity contribution >= 4 is 39.1 Å². The van der Waals surface area contributed by atoms with Crippen LogP contribution in [0.3, 0.4) is 0 Å². The van der Waals surface area contributed by atoms with E-state index in [1.807, 2.05) is 16.3 Å². The number of hydrogen-bond acceptors (Lipinski definition) is 3. The molecule has 1 saturated heterocycles. The molecule has 4 nitrogen and oxygen atoms in total. The second-order valence-corrected chi connectivity index (χ2v) is 7.12. The third-order valence-electron chi connectivity index (χ3n) is 3.39. The lowest BCUT2D eigenvalue weighted by Gasteiger charge is -2.32. The minimum atomic E-state index is -0.759. The highest BCUT2D eigenvalue weighted by Crippen LogP contribution is 2.25. The summed E-state index contributed by atoms with van der Waals surface area (Å²) in [4.78, 5) is 24.7. The molecule has 1 atom stereocenters. The Bertz CT molecular complexity index is 474. The molecule has 2 heterocycles. The van der Waals surface area contributed by atoms with Gasteiger partial charge in [-0.05, 0) is 47.2 Å². The topological polar surface area (TPSA) is 57.6 Å². The van der Waals surface area contributed by atoms with Crippen LogP contribution in [-0.4, -0.2) is 35.0 Å². The number of likely N-dealkylation sites (tertiary alicyclic amines) is 1. The van der Waals surface area contributed by atoms with Crippen LogP contribution in [0.2, 0.25) is 0 Å². The Balaban J connectivity index is 1.93. The second kappa shape index (κ2) is 6.52. The number of hydrogen-bond donors (Lipinski definition) is 1. The van der Waals surface area contributed by atoms with Crippen molar-refractivity contribution < 1.29 is 14.7 Å². The normalized spacial score (nSPS) is 19.4. The van der Waals surface area contributed by atoms with Crippen LogP contribution in [0.1, 0.15) is 36.0 Å². The Hall–Kier alpha value is -0.880. The molecule has 0 radical (unpaired) electrons. The van der Waals surface area contributed by atoms with E-state index in [2.05, 4.69) is 15.9 Å². The fraction of sp³-hybridized carbons (Fsp3) is 0.538. The quantitative estimate of drug-likeness (QED) is 0.911. The van der Waals surface area contributed by atoms with Crippen molar-refractivity contribution in [2.75, 3.05) is 13.1 Å². The predicted molar refractivity (Wildman–Crippen MR) is 77.5 cm³/mol. The van der Waals surface area contributed by atoms with Gasteiger partial charge in [-0.3, -0.25) is 9.59 Å². The molecular formula is C13H16BrNO3S. The lowest BCUT2D eigenvalue weighted by molar-refractivity contribution is -0.137. The molecule has 1 N–H and O–H groups in total. The van der Waals surface area contributed by atoms with Gasteiger partial charge < -0.3 is 10.0 Å². The third kappa shape index (κ3) is 4.04. The molecular weight excluding hydrogens is 330 g/mol. The molecule has 1 amide bonds. The molecule has 1 aliphatic rings. The first kappa shape index (κ1) is 14.5. The summed E-state index contributed by atoms with van der Waals surface area (Å²) < 4.78 is 0.954. The SMILES string of the molecule is O=C(O)CCC1CCCN(C(=O)c2csc(Br)c2)C1. The van der Waals surface area contributed by atoms with E-state index in [9.17, 15) is 9.59 Å². The zero-order chi connectivity index (χ0) is 13.8. The number of halogens is 1. The maximum Gasteiger partial charge on any atom is 0.303 e. The van der Waals surface area contributed by atoms with Crippen LogP contribution in [-0.2, 0) is 4.79 Å². The van der Waals surface area contributed by atoms with Gasteiger partial charge in [-0.1, -0.05) is 0 Å². The maximum atomic E-state index is 12.3. The van der Waals surface area contributed by atoms with Gasteiger partial charge in [-0.15, -0.1) is 11.3 Å². The first-order valence-electron chi connectivity index (χ1n) is 6.31. The number of piperidine rings is 1. The summed E-state index contributed by atoms with van der Waals surface area (Å²) in [5, 5.41) is 10.6. The predicted octanol–water partition coefficient (Wildman–Crippen LogP) is 3.23.